The monoisotopic (exact) mass is 313 g/mol. The van der Waals surface area contributed by atoms with Crippen molar-refractivity contribution in [3.8, 4) is 11.5 Å². The summed E-state index contributed by atoms with van der Waals surface area (Å²) in [5, 5.41) is 3.60. The summed E-state index contributed by atoms with van der Waals surface area (Å²) < 4.78 is 10.4. The maximum atomic E-state index is 5.18. The van der Waals surface area contributed by atoms with E-state index in [1.807, 2.05) is 24.3 Å². The highest BCUT2D eigenvalue weighted by molar-refractivity contribution is 5.28. The Morgan fingerprint density at radius 2 is 1.26 bits per heavy atom. The molecule has 1 N–H and O–H groups in total. The highest BCUT2D eigenvalue weighted by Crippen LogP contribution is 2.14. The third-order valence-corrected chi connectivity index (χ3v) is 4.09. The fourth-order valence-corrected chi connectivity index (χ4v) is 2.53. The summed E-state index contributed by atoms with van der Waals surface area (Å²) in [5.41, 5.74) is 2.69. The molecular formula is C20H27NO2. The van der Waals surface area contributed by atoms with Crippen molar-refractivity contribution in [2.45, 2.75) is 32.2 Å². The molecule has 0 unspecified atom stereocenters. The highest BCUT2D eigenvalue weighted by atomic mass is 16.5. The van der Waals surface area contributed by atoms with Gasteiger partial charge in [-0.2, -0.15) is 0 Å². The van der Waals surface area contributed by atoms with Gasteiger partial charge in [0.1, 0.15) is 11.5 Å². The fourth-order valence-electron chi connectivity index (χ4n) is 2.53. The van der Waals surface area contributed by atoms with Crippen molar-refractivity contribution in [1.29, 1.82) is 0 Å². The van der Waals surface area contributed by atoms with Crippen LogP contribution in [0.1, 0.15) is 24.5 Å². The van der Waals surface area contributed by atoms with Crippen molar-refractivity contribution in [2.24, 2.45) is 0 Å². The second-order valence-electron chi connectivity index (χ2n) is 5.84. The third kappa shape index (κ3) is 5.95. The summed E-state index contributed by atoms with van der Waals surface area (Å²) >= 11 is 0. The molecule has 0 heterocycles. The van der Waals surface area contributed by atoms with Gasteiger partial charge in [-0.25, -0.2) is 0 Å². The lowest BCUT2D eigenvalue weighted by Crippen LogP contribution is -2.28. The third-order valence-electron chi connectivity index (χ3n) is 4.09. The van der Waals surface area contributed by atoms with Gasteiger partial charge >= 0.3 is 0 Å². The molecule has 124 valence electrons. The van der Waals surface area contributed by atoms with Crippen LogP contribution in [0.25, 0.3) is 0 Å². The van der Waals surface area contributed by atoms with Gasteiger partial charge in [-0.15, -0.1) is 0 Å². The number of rotatable bonds is 9. The van der Waals surface area contributed by atoms with E-state index in [0.717, 1.165) is 37.3 Å². The standard InChI is InChI=1S/C20H27NO2/c1-16(4-5-17-6-10-19(22-2)11-7-17)21-15-14-18-8-12-20(23-3)13-9-18/h6-13,16,21H,4-5,14-15H2,1-3H3/t16-/m1/s1. The number of aryl methyl sites for hydroxylation is 1. The minimum absolute atomic E-state index is 0.510. The largest absolute Gasteiger partial charge is 0.497 e. The van der Waals surface area contributed by atoms with Gasteiger partial charge in [-0.1, -0.05) is 24.3 Å². The van der Waals surface area contributed by atoms with Gasteiger partial charge < -0.3 is 14.8 Å². The van der Waals surface area contributed by atoms with Crippen LogP contribution in [0.3, 0.4) is 0 Å². The Hall–Kier alpha value is -2.00. The Morgan fingerprint density at radius 1 is 0.783 bits per heavy atom. The predicted octanol–water partition coefficient (Wildman–Crippen LogP) is 3.86. The van der Waals surface area contributed by atoms with Crippen LogP contribution < -0.4 is 14.8 Å². The molecule has 2 rings (SSSR count). The number of methoxy groups -OCH3 is 2. The van der Waals surface area contributed by atoms with Gasteiger partial charge in [-0.05, 0) is 68.1 Å². The predicted molar refractivity (Wildman–Crippen MR) is 95.5 cm³/mol. The number of benzene rings is 2. The van der Waals surface area contributed by atoms with Crippen LogP contribution in [0.2, 0.25) is 0 Å². The molecule has 0 aliphatic heterocycles. The molecule has 2 aromatic carbocycles. The quantitative estimate of drug-likeness (QED) is 0.762. The van der Waals surface area contributed by atoms with Crippen LogP contribution in [0.15, 0.2) is 48.5 Å². The Bertz CT molecular complexity index is 563. The van der Waals surface area contributed by atoms with Gasteiger partial charge in [0.25, 0.3) is 0 Å². The van der Waals surface area contributed by atoms with E-state index >= 15 is 0 Å². The molecule has 2 aromatic rings. The van der Waals surface area contributed by atoms with Crippen molar-refractivity contribution in [3.63, 3.8) is 0 Å². The van der Waals surface area contributed by atoms with Gasteiger partial charge in [-0.3, -0.25) is 0 Å². The first-order valence-corrected chi connectivity index (χ1v) is 8.20. The van der Waals surface area contributed by atoms with E-state index in [4.69, 9.17) is 9.47 Å². The molecule has 0 radical (unpaired) electrons. The Morgan fingerprint density at radius 3 is 1.74 bits per heavy atom. The summed E-state index contributed by atoms with van der Waals surface area (Å²) in [6, 6.07) is 17.1. The lowest BCUT2D eigenvalue weighted by Gasteiger charge is -2.14. The average molecular weight is 313 g/mol. The molecule has 3 heteroatoms. The smallest absolute Gasteiger partial charge is 0.118 e. The molecule has 0 fully saturated rings. The van der Waals surface area contributed by atoms with Crippen molar-refractivity contribution in [3.05, 3.63) is 59.7 Å². The number of hydrogen-bond acceptors (Lipinski definition) is 3. The summed E-state index contributed by atoms with van der Waals surface area (Å²) in [6.07, 6.45) is 3.26. The molecule has 0 aliphatic carbocycles. The zero-order valence-electron chi connectivity index (χ0n) is 14.3. The topological polar surface area (TPSA) is 30.5 Å². The van der Waals surface area contributed by atoms with E-state index in [9.17, 15) is 0 Å². The molecule has 3 nitrogen and oxygen atoms in total. The number of ether oxygens (including phenoxy) is 2. The Balaban J connectivity index is 1.66. The molecule has 0 aliphatic rings. The van der Waals surface area contributed by atoms with Crippen molar-refractivity contribution in [2.75, 3.05) is 20.8 Å². The molecular weight excluding hydrogens is 286 g/mol. The first-order chi connectivity index (χ1) is 11.2. The van der Waals surface area contributed by atoms with E-state index in [0.29, 0.717) is 6.04 Å². The van der Waals surface area contributed by atoms with Crippen molar-refractivity contribution >= 4 is 0 Å². The van der Waals surface area contributed by atoms with E-state index < -0.39 is 0 Å². The van der Waals surface area contributed by atoms with E-state index in [2.05, 4.69) is 36.5 Å². The first kappa shape index (κ1) is 17.4. The van der Waals surface area contributed by atoms with Gasteiger partial charge in [0.2, 0.25) is 0 Å². The Kier molecular flexibility index (Phi) is 6.95. The second kappa shape index (κ2) is 9.21. The molecule has 0 saturated heterocycles. The van der Waals surface area contributed by atoms with E-state index in [1.165, 1.54) is 11.1 Å². The maximum absolute atomic E-state index is 5.18. The van der Waals surface area contributed by atoms with Crippen molar-refractivity contribution in [1.82, 2.24) is 5.32 Å². The number of hydrogen-bond donors (Lipinski definition) is 1. The zero-order valence-corrected chi connectivity index (χ0v) is 14.3. The van der Waals surface area contributed by atoms with E-state index in [-0.39, 0.29) is 0 Å². The van der Waals surface area contributed by atoms with Gasteiger partial charge in [0.05, 0.1) is 14.2 Å². The minimum atomic E-state index is 0.510. The maximum Gasteiger partial charge on any atom is 0.118 e. The molecule has 0 amide bonds. The lowest BCUT2D eigenvalue weighted by molar-refractivity contribution is 0.414. The summed E-state index contributed by atoms with van der Waals surface area (Å²) in [5.74, 6) is 1.83. The first-order valence-electron chi connectivity index (χ1n) is 8.20. The van der Waals surface area contributed by atoms with Crippen LogP contribution in [0, 0.1) is 0 Å². The van der Waals surface area contributed by atoms with E-state index in [1.54, 1.807) is 14.2 Å². The van der Waals surface area contributed by atoms with Crippen LogP contribution in [-0.2, 0) is 12.8 Å². The van der Waals surface area contributed by atoms with Crippen LogP contribution in [0.5, 0.6) is 11.5 Å². The Labute approximate surface area is 139 Å². The molecule has 23 heavy (non-hydrogen) atoms. The van der Waals surface area contributed by atoms with Gasteiger partial charge in [0.15, 0.2) is 0 Å². The molecule has 0 aromatic heterocycles. The van der Waals surface area contributed by atoms with Crippen LogP contribution in [0.4, 0.5) is 0 Å². The van der Waals surface area contributed by atoms with Gasteiger partial charge in [0, 0.05) is 6.04 Å². The second-order valence-corrected chi connectivity index (χ2v) is 5.84. The minimum Gasteiger partial charge on any atom is -0.497 e. The SMILES string of the molecule is COc1ccc(CCN[C@H](C)CCc2ccc(OC)cc2)cc1. The molecule has 0 saturated carbocycles. The molecule has 1 atom stereocenters. The van der Waals surface area contributed by atoms with Crippen LogP contribution >= 0.6 is 0 Å². The van der Waals surface area contributed by atoms with Crippen LogP contribution in [-0.4, -0.2) is 26.8 Å². The molecule has 0 spiro atoms. The lowest BCUT2D eigenvalue weighted by atomic mass is 10.1. The molecule has 0 bridgehead atoms. The summed E-state index contributed by atoms with van der Waals surface area (Å²) in [4.78, 5) is 0. The number of nitrogens with one attached hydrogen (secondary N) is 1. The highest BCUT2D eigenvalue weighted by Gasteiger charge is 2.03. The average Bonchev–Trinajstić information content (AvgIpc) is 2.61. The zero-order chi connectivity index (χ0) is 16.5. The van der Waals surface area contributed by atoms with Crippen molar-refractivity contribution < 1.29 is 9.47 Å². The normalized spacial score (nSPS) is 12.0. The summed E-state index contributed by atoms with van der Waals surface area (Å²) in [6.45, 7) is 3.24. The fraction of sp³-hybridized carbons (Fsp3) is 0.400. The summed E-state index contributed by atoms with van der Waals surface area (Å²) in [7, 11) is 3.39.